The molecule has 22 heavy (non-hydrogen) atoms. The van der Waals surface area contributed by atoms with Crippen molar-refractivity contribution >= 4 is 56.0 Å². The van der Waals surface area contributed by atoms with E-state index in [0.29, 0.717) is 22.9 Å². The molecule has 2 aromatic rings. The maximum Gasteiger partial charge on any atom is 0.189 e. The molecule has 0 spiro atoms. The largest absolute Gasteiger partial charge is 0.489 e. The number of hydrogen-bond donors (Lipinski definition) is 0. The molecule has 2 aliphatic rings. The Labute approximate surface area is 144 Å². The molecule has 0 amide bonds. The molecule has 0 N–H and O–H groups in total. The zero-order chi connectivity index (χ0) is 15.4. The van der Waals surface area contributed by atoms with Gasteiger partial charge in [-0.05, 0) is 35.0 Å². The number of thioether (sulfide) groups is 1. The Morgan fingerprint density at radius 1 is 1.45 bits per heavy atom. The standard InChI is InChI=1S/C14H12BrClFN3OS/c1-22-14-18-11-7-12(9(16)8(15)10(11)17)21-5-6-3-2-4-20(6)13(7)19-14/h6H,2-5H2,1H3/t6-/m0/s1. The summed E-state index contributed by atoms with van der Waals surface area (Å²) in [6.45, 7) is 1.42. The van der Waals surface area contributed by atoms with E-state index >= 15 is 0 Å². The molecule has 0 bridgehead atoms. The van der Waals surface area contributed by atoms with E-state index in [2.05, 4.69) is 30.8 Å². The first-order valence-corrected chi connectivity index (χ1v) is 9.33. The maximum atomic E-state index is 14.7. The molecule has 0 unspecified atom stereocenters. The van der Waals surface area contributed by atoms with Crippen LogP contribution in [0.2, 0.25) is 5.02 Å². The first kappa shape index (κ1) is 14.8. The van der Waals surface area contributed by atoms with Crippen molar-refractivity contribution in [1.82, 2.24) is 9.97 Å². The minimum absolute atomic E-state index is 0.190. The van der Waals surface area contributed by atoms with Crippen molar-refractivity contribution < 1.29 is 9.13 Å². The van der Waals surface area contributed by atoms with Crippen LogP contribution in [0.25, 0.3) is 10.9 Å². The van der Waals surface area contributed by atoms with Crippen molar-refractivity contribution in [3.8, 4) is 5.75 Å². The number of nitrogens with zero attached hydrogens (tertiary/aromatic N) is 3. The van der Waals surface area contributed by atoms with Crippen LogP contribution in [-0.4, -0.2) is 35.4 Å². The summed E-state index contributed by atoms with van der Waals surface area (Å²) in [4.78, 5) is 11.2. The number of ether oxygens (including phenoxy) is 1. The predicted octanol–water partition coefficient (Wildman–Crippen LogP) is 4.27. The fourth-order valence-electron chi connectivity index (χ4n) is 3.11. The lowest BCUT2D eigenvalue weighted by Crippen LogP contribution is -2.33. The van der Waals surface area contributed by atoms with Crippen LogP contribution in [-0.2, 0) is 0 Å². The number of anilines is 1. The van der Waals surface area contributed by atoms with Crippen LogP contribution in [0.3, 0.4) is 0 Å². The lowest BCUT2D eigenvalue weighted by molar-refractivity contribution is 0.295. The number of halogens is 3. The van der Waals surface area contributed by atoms with Gasteiger partial charge in [-0.3, -0.25) is 0 Å². The van der Waals surface area contributed by atoms with Gasteiger partial charge in [-0.15, -0.1) is 0 Å². The second-order valence-electron chi connectivity index (χ2n) is 5.33. The highest BCUT2D eigenvalue weighted by molar-refractivity contribution is 9.10. The summed E-state index contributed by atoms with van der Waals surface area (Å²) in [7, 11) is 0. The van der Waals surface area contributed by atoms with E-state index in [4.69, 9.17) is 16.3 Å². The first-order chi connectivity index (χ1) is 10.6. The van der Waals surface area contributed by atoms with Crippen LogP contribution in [0.1, 0.15) is 12.8 Å². The lowest BCUT2D eigenvalue weighted by atomic mass is 10.2. The Hall–Kier alpha value is -0.790. The van der Waals surface area contributed by atoms with Gasteiger partial charge in [0.05, 0.1) is 15.9 Å². The minimum atomic E-state index is -0.469. The lowest BCUT2D eigenvalue weighted by Gasteiger charge is -2.23. The van der Waals surface area contributed by atoms with E-state index < -0.39 is 5.82 Å². The molecule has 1 atom stereocenters. The van der Waals surface area contributed by atoms with Gasteiger partial charge in [0, 0.05) is 6.54 Å². The Morgan fingerprint density at radius 3 is 3.05 bits per heavy atom. The van der Waals surface area contributed by atoms with E-state index in [1.165, 1.54) is 11.8 Å². The van der Waals surface area contributed by atoms with Crippen molar-refractivity contribution in [2.45, 2.75) is 24.0 Å². The summed E-state index contributed by atoms with van der Waals surface area (Å²) in [6.07, 6.45) is 4.00. The average Bonchev–Trinajstić information content (AvgIpc) is 2.94. The summed E-state index contributed by atoms with van der Waals surface area (Å²) < 4.78 is 20.8. The fourth-order valence-corrected chi connectivity index (χ4v) is 4.07. The molecule has 0 aliphatic carbocycles. The Bertz CT molecular complexity index is 791. The molecule has 1 aromatic carbocycles. The van der Waals surface area contributed by atoms with Gasteiger partial charge in [-0.2, -0.15) is 0 Å². The molecule has 1 aromatic heterocycles. The van der Waals surface area contributed by atoms with Gasteiger partial charge in [0.25, 0.3) is 0 Å². The summed E-state index contributed by atoms with van der Waals surface area (Å²) in [5.74, 6) is 0.739. The molecule has 8 heteroatoms. The smallest absolute Gasteiger partial charge is 0.189 e. The van der Waals surface area contributed by atoms with Crippen LogP contribution in [0.4, 0.5) is 10.2 Å². The third kappa shape index (κ3) is 2.02. The molecule has 2 aliphatic heterocycles. The monoisotopic (exact) mass is 403 g/mol. The third-order valence-electron chi connectivity index (χ3n) is 4.14. The Morgan fingerprint density at radius 2 is 2.27 bits per heavy atom. The van der Waals surface area contributed by atoms with Gasteiger partial charge in [0.2, 0.25) is 0 Å². The van der Waals surface area contributed by atoms with E-state index in [1.807, 2.05) is 6.26 Å². The molecule has 1 fully saturated rings. The van der Waals surface area contributed by atoms with Gasteiger partial charge in [-0.1, -0.05) is 23.4 Å². The van der Waals surface area contributed by atoms with Gasteiger partial charge in [0.1, 0.15) is 23.0 Å². The second kappa shape index (κ2) is 5.39. The third-order valence-corrected chi connectivity index (χ3v) is 6.02. The van der Waals surface area contributed by atoms with Crippen molar-refractivity contribution in [1.29, 1.82) is 0 Å². The van der Waals surface area contributed by atoms with Crippen molar-refractivity contribution in [3.63, 3.8) is 0 Å². The molecule has 4 nitrogen and oxygen atoms in total. The van der Waals surface area contributed by atoms with E-state index in [9.17, 15) is 4.39 Å². The molecular weight excluding hydrogens is 393 g/mol. The van der Waals surface area contributed by atoms with Crippen LogP contribution < -0.4 is 9.64 Å². The second-order valence-corrected chi connectivity index (χ2v) is 7.27. The molecule has 3 heterocycles. The van der Waals surface area contributed by atoms with Crippen molar-refractivity contribution in [3.05, 3.63) is 15.3 Å². The SMILES string of the molecule is CSc1nc2c3c(c(Cl)c(Br)c(F)c3n1)OC[C@@H]1CCCN21. The van der Waals surface area contributed by atoms with Crippen LogP contribution >= 0.6 is 39.3 Å². The predicted molar refractivity (Wildman–Crippen MR) is 89.9 cm³/mol. The topological polar surface area (TPSA) is 38.3 Å². The molecule has 0 radical (unpaired) electrons. The number of aromatic nitrogens is 2. The highest BCUT2D eigenvalue weighted by Gasteiger charge is 2.34. The highest BCUT2D eigenvalue weighted by atomic mass is 79.9. The van der Waals surface area contributed by atoms with Crippen LogP contribution in [0, 0.1) is 5.82 Å². The minimum Gasteiger partial charge on any atom is -0.489 e. The molecule has 116 valence electrons. The Kier molecular flexibility index (Phi) is 3.62. The number of rotatable bonds is 1. The van der Waals surface area contributed by atoms with E-state index in [0.717, 1.165) is 25.2 Å². The van der Waals surface area contributed by atoms with Gasteiger partial charge in [0.15, 0.2) is 16.7 Å². The number of benzene rings is 1. The van der Waals surface area contributed by atoms with Gasteiger partial charge >= 0.3 is 0 Å². The zero-order valence-electron chi connectivity index (χ0n) is 11.7. The summed E-state index contributed by atoms with van der Waals surface area (Å²) >= 11 is 10.9. The summed E-state index contributed by atoms with van der Waals surface area (Å²) in [5.41, 5.74) is 0.258. The van der Waals surface area contributed by atoms with Crippen LogP contribution in [0.15, 0.2) is 9.63 Å². The Balaban J connectivity index is 2.13. The first-order valence-electron chi connectivity index (χ1n) is 6.93. The zero-order valence-corrected chi connectivity index (χ0v) is 14.9. The fraction of sp³-hybridized carbons (Fsp3) is 0.429. The van der Waals surface area contributed by atoms with Crippen LogP contribution in [0.5, 0.6) is 5.75 Å². The maximum absolute atomic E-state index is 14.7. The average molecular weight is 405 g/mol. The van der Waals surface area contributed by atoms with E-state index in [1.54, 1.807) is 0 Å². The number of fused-ring (bicyclic) bond motifs is 2. The van der Waals surface area contributed by atoms with E-state index in [-0.39, 0.29) is 21.1 Å². The molecular formula is C14H12BrClFN3OS. The van der Waals surface area contributed by atoms with Crippen molar-refractivity contribution in [2.24, 2.45) is 0 Å². The quantitative estimate of drug-likeness (QED) is 0.403. The summed E-state index contributed by atoms with van der Waals surface area (Å²) in [5, 5.41) is 1.37. The van der Waals surface area contributed by atoms with Crippen molar-refractivity contribution in [2.75, 3.05) is 24.3 Å². The highest BCUT2D eigenvalue weighted by Crippen LogP contribution is 2.47. The molecule has 0 saturated carbocycles. The van der Waals surface area contributed by atoms with Gasteiger partial charge < -0.3 is 9.64 Å². The number of hydrogen-bond acceptors (Lipinski definition) is 5. The molecule has 4 rings (SSSR count). The summed E-state index contributed by atoms with van der Waals surface area (Å²) in [6, 6.07) is 0.248. The normalized spacial score (nSPS) is 20.0. The molecule has 1 saturated heterocycles. The van der Waals surface area contributed by atoms with Gasteiger partial charge in [-0.25, -0.2) is 14.4 Å².